The van der Waals surface area contributed by atoms with Crippen molar-refractivity contribution in [3.8, 4) is 6.07 Å². The van der Waals surface area contributed by atoms with E-state index in [1.54, 1.807) is 48.9 Å². The monoisotopic (exact) mass is 904 g/mol. The van der Waals surface area contributed by atoms with Crippen molar-refractivity contribution in [1.29, 1.82) is 5.26 Å². The number of nitriles is 1. The lowest BCUT2D eigenvalue weighted by Gasteiger charge is -2.41. The highest BCUT2D eigenvalue weighted by Crippen LogP contribution is 2.40. The number of ether oxygens (including phenoxy) is 1. The summed E-state index contributed by atoms with van der Waals surface area (Å²) in [6.45, 7) is 3.65. The van der Waals surface area contributed by atoms with E-state index in [-0.39, 0.29) is 74.4 Å². The SMILES string of the molecule is Cn1nc(N2CCC(=O)NC2=O)c2cccc(NC(=O)CN3CCN(CCOC4CCC(CN5C(=S)N(c6ccc(C#N)c(C(F)(F)F)c6)C(=O)C5(C)C)CC4)C[C@@H]3C(F)(F)F)c21. The Bertz CT molecular complexity index is 2340. The summed E-state index contributed by atoms with van der Waals surface area (Å²) in [5.41, 5.74) is -2.18. The van der Waals surface area contributed by atoms with Gasteiger partial charge in [0, 0.05) is 58.1 Å². The number of carbonyl (C=O) groups is 4. The maximum absolute atomic E-state index is 14.4. The first-order chi connectivity index (χ1) is 29.7. The Morgan fingerprint density at radius 3 is 2.44 bits per heavy atom. The number of fused-ring (bicyclic) bond motifs is 1. The fourth-order valence-electron chi connectivity index (χ4n) is 8.80. The molecule has 3 saturated heterocycles. The molecule has 1 saturated carbocycles. The van der Waals surface area contributed by atoms with Crippen LogP contribution in [0.4, 0.5) is 48.3 Å². The molecule has 0 spiro atoms. The molecular weight excluding hydrogens is 859 g/mol. The van der Waals surface area contributed by atoms with Crippen LogP contribution in [0, 0.1) is 17.2 Å². The average Bonchev–Trinajstić information content (AvgIpc) is 3.63. The van der Waals surface area contributed by atoms with Crippen LogP contribution < -0.4 is 20.4 Å². The van der Waals surface area contributed by atoms with Crippen molar-refractivity contribution in [2.24, 2.45) is 13.0 Å². The van der Waals surface area contributed by atoms with Crippen molar-refractivity contribution >= 4 is 69.2 Å². The van der Waals surface area contributed by atoms with E-state index in [9.17, 15) is 50.8 Å². The predicted octanol–water partition coefficient (Wildman–Crippen LogP) is 5.38. The van der Waals surface area contributed by atoms with Crippen molar-refractivity contribution in [3.63, 3.8) is 0 Å². The second-order valence-corrected chi connectivity index (χ2v) is 17.1. The van der Waals surface area contributed by atoms with E-state index in [4.69, 9.17) is 17.0 Å². The fourth-order valence-corrected chi connectivity index (χ4v) is 9.29. The Morgan fingerprint density at radius 2 is 1.78 bits per heavy atom. The van der Waals surface area contributed by atoms with Crippen molar-refractivity contribution in [2.45, 2.75) is 76.0 Å². The third-order valence-corrected chi connectivity index (χ3v) is 12.6. The molecule has 0 radical (unpaired) electrons. The molecule has 63 heavy (non-hydrogen) atoms. The number of nitrogens with zero attached hydrogens (tertiary/aromatic N) is 8. The van der Waals surface area contributed by atoms with Gasteiger partial charge in [-0.1, -0.05) is 6.07 Å². The zero-order chi connectivity index (χ0) is 45.6. The number of urea groups is 1. The molecule has 3 aromatic rings. The van der Waals surface area contributed by atoms with E-state index >= 15 is 0 Å². The van der Waals surface area contributed by atoms with Crippen molar-refractivity contribution < 1.29 is 50.3 Å². The number of benzene rings is 2. The first kappa shape index (κ1) is 45.6. The molecule has 4 aliphatic rings. The Morgan fingerprint density at radius 1 is 1.05 bits per heavy atom. The molecule has 1 aliphatic carbocycles. The summed E-state index contributed by atoms with van der Waals surface area (Å²) in [6.07, 6.45) is -6.76. The van der Waals surface area contributed by atoms with Crippen LogP contribution in [0.3, 0.4) is 0 Å². The van der Waals surface area contributed by atoms with E-state index < -0.39 is 65.4 Å². The number of thiocarbonyl (C=S) groups is 1. The lowest BCUT2D eigenvalue weighted by Crippen LogP contribution is -2.60. The van der Waals surface area contributed by atoms with Gasteiger partial charge in [0.15, 0.2) is 10.9 Å². The molecule has 5 amide bonds. The number of hydrogen-bond acceptors (Lipinski definition) is 10. The van der Waals surface area contributed by atoms with Gasteiger partial charge in [0.2, 0.25) is 11.8 Å². The van der Waals surface area contributed by atoms with Gasteiger partial charge in [-0.15, -0.1) is 0 Å². The average molecular weight is 905 g/mol. The standard InChI is InChI=1S/C41H46F6N10O5S/c1-39(2)36(60)57(26-10-9-25(20-48)29(19-26)40(42,43)44)38(63)56(39)21-24-7-11-27(12-8-24)62-18-17-53-15-16-54(31(22-53)41(45,46)47)23-33(59)49-30-6-4-5-28-34(30)52(3)51-35(28)55-14-13-32(58)50-37(55)61/h4-6,9-10,19,24,27,31H,7-8,11-18,21-23H2,1-3H3,(H,49,59)(H,50,58,61)/t24?,27?,31-/m1/s1. The van der Waals surface area contributed by atoms with Crippen LogP contribution in [0.5, 0.6) is 0 Å². The van der Waals surface area contributed by atoms with Crippen LogP contribution in [0.15, 0.2) is 36.4 Å². The summed E-state index contributed by atoms with van der Waals surface area (Å²) in [7, 11) is 1.61. The van der Waals surface area contributed by atoms with Crippen molar-refractivity contribution in [1.82, 2.24) is 29.8 Å². The van der Waals surface area contributed by atoms with Gasteiger partial charge in [-0.05, 0) is 88.0 Å². The summed E-state index contributed by atoms with van der Waals surface area (Å²) in [6, 6.07) is 6.99. The van der Waals surface area contributed by atoms with E-state index in [1.807, 2.05) is 0 Å². The molecule has 22 heteroatoms. The van der Waals surface area contributed by atoms with Crippen LogP contribution in [0.2, 0.25) is 0 Å². The molecule has 2 N–H and O–H groups in total. The molecule has 1 aromatic heterocycles. The van der Waals surface area contributed by atoms with Crippen molar-refractivity contribution in [2.75, 3.05) is 67.5 Å². The van der Waals surface area contributed by atoms with Crippen molar-refractivity contribution in [3.05, 3.63) is 47.5 Å². The lowest BCUT2D eigenvalue weighted by atomic mass is 9.86. The van der Waals surface area contributed by atoms with Crippen LogP contribution in [-0.2, 0) is 32.3 Å². The maximum Gasteiger partial charge on any atom is 0.417 e. The lowest BCUT2D eigenvalue weighted by molar-refractivity contribution is -0.197. The summed E-state index contributed by atoms with van der Waals surface area (Å²) < 4.78 is 92.1. The number of carbonyl (C=O) groups excluding carboxylic acids is 4. The first-order valence-electron chi connectivity index (χ1n) is 20.5. The highest BCUT2D eigenvalue weighted by Gasteiger charge is 2.51. The molecule has 2 aromatic carbocycles. The fraction of sp³-hybridized carbons (Fsp3) is 0.537. The van der Waals surface area contributed by atoms with Crippen LogP contribution >= 0.6 is 12.2 Å². The molecule has 7 rings (SSSR count). The molecule has 4 heterocycles. The third kappa shape index (κ3) is 9.46. The summed E-state index contributed by atoms with van der Waals surface area (Å²) in [5, 5.41) is 19.2. The number of amides is 5. The van der Waals surface area contributed by atoms with Crippen LogP contribution in [0.25, 0.3) is 10.9 Å². The van der Waals surface area contributed by atoms with Gasteiger partial charge in [-0.2, -0.15) is 36.7 Å². The molecule has 3 aliphatic heterocycles. The van der Waals surface area contributed by atoms with Crippen LogP contribution in [-0.4, -0.2) is 130 Å². The Hall–Kier alpha value is -5.37. The predicted molar refractivity (Wildman–Crippen MR) is 221 cm³/mol. The van der Waals surface area contributed by atoms with Gasteiger partial charge in [0.25, 0.3) is 5.91 Å². The number of alkyl halides is 6. The number of rotatable bonds is 11. The van der Waals surface area contributed by atoms with Gasteiger partial charge in [-0.3, -0.25) is 44.0 Å². The molecule has 338 valence electrons. The van der Waals surface area contributed by atoms with E-state index in [1.165, 1.54) is 21.7 Å². The minimum Gasteiger partial charge on any atom is -0.377 e. The minimum absolute atomic E-state index is 0.0190. The number of halogens is 6. The molecular formula is C41H46F6N10O5S. The van der Waals surface area contributed by atoms with Gasteiger partial charge in [0.05, 0.1) is 53.3 Å². The first-order valence-corrected chi connectivity index (χ1v) is 20.9. The summed E-state index contributed by atoms with van der Waals surface area (Å²) in [5.74, 6) is -1.19. The van der Waals surface area contributed by atoms with E-state index in [0.29, 0.717) is 48.8 Å². The quantitative estimate of drug-likeness (QED) is 0.188. The second-order valence-electron chi connectivity index (χ2n) is 16.7. The Balaban J connectivity index is 0.888. The van der Waals surface area contributed by atoms with Gasteiger partial charge in [0.1, 0.15) is 11.6 Å². The number of hydrogen-bond donors (Lipinski definition) is 2. The van der Waals surface area contributed by atoms with Crippen LogP contribution in [0.1, 0.15) is 57.1 Å². The smallest absolute Gasteiger partial charge is 0.377 e. The second kappa shape index (κ2) is 17.7. The zero-order valence-corrected chi connectivity index (χ0v) is 35.5. The summed E-state index contributed by atoms with van der Waals surface area (Å²) in [4.78, 5) is 57.9. The highest BCUT2D eigenvalue weighted by atomic mass is 32.1. The number of para-hydroxylation sites is 1. The molecule has 1 atom stereocenters. The number of aryl methyl sites for hydroxylation is 1. The minimum atomic E-state index is -4.81. The topological polar surface area (TPSA) is 159 Å². The number of anilines is 3. The third-order valence-electron chi connectivity index (χ3n) is 12.2. The molecule has 15 nitrogen and oxygen atoms in total. The van der Waals surface area contributed by atoms with Gasteiger partial charge >= 0.3 is 18.4 Å². The molecule has 0 bridgehead atoms. The van der Waals surface area contributed by atoms with E-state index in [2.05, 4.69) is 15.7 Å². The van der Waals surface area contributed by atoms with E-state index in [0.717, 1.165) is 21.9 Å². The Kier molecular flexibility index (Phi) is 12.8. The highest BCUT2D eigenvalue weighted by molar-refractivity contribution is 7.80. The number of piperazine rings is 1. The number of aromatic nitrogens is 2. The zero-order valence-electron chi connectivity index (χ0n) is 34.7. The maximum atomic E-state index is 14.4. The van der Waals surface area contributed by atoms with Gasteiger partial charge < -0.3 is 15.0 Å². The Labute approximate surface area is 363 Å². The number of nitrogens with one attached hydrogen (secondary N) is 2. The molecule has 0 unspecified atom stereocenters. The van der Waals surface area contributed by atoms with Gasteiger partial charge in [-0.25, -0.2) is 4.79 Å². The normalized spacial score (nSPS) is 22.8. The molecule has 4 fully saturated rings. The largest absolute Gasteiger partial charge is 0.417 e. The summed E-state index contributed by atoms with van der Waals surface area (Å²) >= 11 is 5.65. The number of imide groups is 1.